The second-order valence-electron chi connectivity index (χ2n) is 4.42. The molecule has 0 bridgehead atoms. The average molecular weight is 311 g/mol. The van der Waals surface area contributed by atoms with Gasteiger partial charge in [0.1, 0.15) is 0 Å². The summed E-state index contributed by atoms with van der Waals surface area (Å²) < 4.78 is 10.5. The highest BCUT2D eigenvalue weighted by atomic mass is 35.5. The van der Waals surface area contributed by atoms with E-state index in [0.29, 0.717) is 17.9 Å². The van der Waals surface area contributed by atoms with Gasteiger partial charge in [0.2, 0.25) is 0 Å². The molecule has 4 heteroatoms. The van der Waals surface area contributed by atoms with Gasteiger partial charge in [0.25, 0.3) is 0 Å². The molecule has 1 atom stereocenters. The van der Waals surface area contributed by atoms with Gasteiger partial charge in [-0.3, -0.25) is 0 Å². The van der Waals surface area contributed by atoms with Crippen molar-refractivity contribution in [2.45, 2.75) is 11.8 Å². The van der Waals surface area contributed by atoms with Gasteiger partial charge in [0.15, 0.2) is 11.5 Å². The Labute approximate surface area is 129 Å². The van der Waals surface area contributed by atoms with Gasteiger partial charge in [-0.1, -0.05) is 29.8 Å². The first-order chi connectivity index (χ1) is 9.63. The Morgan fingerprint density at radius 2 is 1.75 bits per heavy atom. The maximum atomic E-state index is 6.48. The van der Waals surface area contributed by atoms with Crippen molar-refractivity contribution in [3.05, 3.63) is 58.6 Å². The maximum Gasteiger partial charge on any atom is 0.161 e. The van der Waals surface area contributed by atoms with Crippen LogP contribution in [0, 0.1) is 0 Å². The summed E-state index contributed by atoms with van der Waals surface area (Å²) in [5.41, 5.74) is 2.09. The standard InChI is InChI=1S/C16H16Cl2O2/c1-19-15-7-6-12(10-16(15)20-2)14(18)9-11-4-3-5-13(17)8-11/h3-8,10,14H,9H2,1-2H3. The van der Waals surface area contributed by atoms with E-state index in [-0.39, 0.29) is 5.38 Å². The van der Waals surface area contributed by atoms with E-state index in [0.717, 1.165) is 16.1 Å². The van der Waals surface area contributed by atoms with Crippen LogP contribution in [0.3, 0.4) is 0 Å². The van der Waals surface area contributed by atoms with Gasteiger partial charge in [-0.2, -0.15) is 0 Å². The first-order valence-corrected chi connectivity index (χ1v) is 7.06. The molecular formula is C16H16Cl2O2. The molecular weight excluding hydrogens is 295 g/mol. The Hall–Kier alpha value is -1.38. The van der Waals surface area contributed by atoms with Crippen molar-refractivity contribution >= 4 is 23.2 Å². The fraction of sp³-hybridized carbons (Fsp3) is 0.250. The molecule has 0 aliphatic heterocycles. The van der Waals surface area contributed by atoms with Gasteiger partial charge in [-0.05, 0) is 41.8 Å². The molecule has 0 fully saturated rings. The second-order valence-corrected chi connectivity index (χ2v) is 5.38. The van der Waals surface area contributed by atoms with Crippen LogP contribution in [0.1, 0.15) is 16.5 Å². The Morgan fingerprint density at radius 3 is 2.40 bits per heavy atom. The van der Waals surface area contributed by atoms with E-state index in [4.69, 9.17) is 32.7 Å². The predicted molar refractivity (Wildman–Crippen MR) is 83.3 cm³/mol. The average Bonchev–Trinajstić information content (AvgIpc) is 2.46. The van der Waals surface area contributed by atoms with E-state index in [1.54, 1.807) is 14.2 Å². The van der Waals surface area contributed by atoms with Crippen LogP contribution in [0.5, 0.6) is 11.5 Å². The lowest BCUT2D eigenvalue weighted by molar-refractivity contribution is 0.354. The zero-order valence-corrected chi connectivity index (χ0v) is 12.9. The van der Waals surface area contributed by atoms with Gasteiger partial charge < -0.3 is 9.47 Å². The van der Waals surface area contributed by atoms with Gasteiger partial charge in [-0.25, -0.2) is 0 Å². The number of hydrogen-bond donors (Lipinski definition) is 0. The first kappa shape index (κ1) is 15.0. The van der Waals surface area contributed by atoms with Crippen LogP contribution < -0.4 is 9.47 Å². The summed E-state index contributed by atoms with van der Waals surface area (Å²) >= 11 is 12.5. The molecule has 0 N–H and O–H groups in total. The quantitative estimate of drug-likeness (QED) is 0.733. The monoisotopic (exact) mass is 310 g/mol. The van der Waals surface area contributed by atoms with E-state index < -0.39 is 0 Å². The summed E-state index contributed by atoms with van der Waals surface area (Å²) in [5, 5.41) is 0.576. The lowest BCUT2D eigenvalue weighted by Gasteiger charge is -2.13. The fourth-order valence-electron chi connectivity index (χ4n) is 2.04. The molecule has 20 heavy (non-hydrogen) atoms. The number of methoxy groups -OCH3 is 2. The number of rotatable bonds is 5. The molecule has 0 saturated carbocycles. The van der Waals surface area contributed by atoms with Crippen LogP contribution in [0.2, 0.25) is 5.02 Å². The highest BCUT2D eigenvalue weighted by Crippen LogP contribution is 2.33. The van der Waals surface area contributed by atoms with Crippen LogP contribution >= 0.6 is 23.2 Å². The third-order valence-corrected chi connectivity index (χ3v) is 3.71. The number of halogens is 2. The minimum Gasteiger partial charge on any atom is -0.493 e. The molecule has 2 aromatic carbocycles. The van der Waals surface area contributed by atoms with Crippen LogP contribution in [-0.4, -0.2) is 14.2 Å². The molecule has 0 aliphatic carbocycles. The van der Waals surface area contributed by atoms with Crippen LogP contribution in [0.4, 0.5) is 0 Å². The highest BCUT2D eigenvalue weighted by Gasteiger charge is 2.12. The third-order valence-electron chi connectivity index (χ3n) is 3.07. The molecule has 0 saturated heterocycles. The van der Waals surface area contributed by atoms with Crippen molar-refractivity contribution in [3.8, 4) is 11.5 Å². The van der Waals surface area contributed by atoms with Crippen molar-refractivity contribution in [1.82, 2.24) is 0 Å². The Morgan fingerprint density at radius 1 is 1.00 bits per heavy atom. The van der Waals surface area contributed by atoms with E-state index in [1.807, 2.05) is 42.5 Å². The lowest BCUT2D eigenvalue weighted by atomic mass is 10.0. The minimum absolute atomic E-state index is 0.145. The summed E-state index contributed by atoms with van der Waals surface area (Å²) in [6, 6.07) is 13.4. The SMILES string of the molecule is COc1ccc(C(Cl)Cc2cccc(Cl)c2)cc1OC. The van der Waals surface area contributed by atoms with Crippen LogP contribution in [-0.2, 0) is 6.42 Å². The molecule has 0 aromatic heterocycles. The molecule has 2 nitrogen and oxygen atoms in total. The van der Waals surface area contributed by atoms with Gasteiger partial charge in [0.05, 0.1) is 19.6 Å². The van der Waals surface area contributed by atoms with Crippen molar-refractivity contribution in [2.75, 3.05) is 14.2 Å². The molecule has 0 aliphatic rings. The third kappa shape index (κ3) is 3.59. The van der Waals surface area contributed by atoms with E-state index in [9.17, 15) is 0 Å². The van der Waals surface area contributed by atoms with E-state index in [2.05, 4.69) is 0 Å². The minimum atomic E-state index is -0.145. The van der Waals surface area contributed by atoms with Crippen LogP contribution in [0.25, 0.3) is 0 Å². The number of hydrogen-bond acceptors (Lipinski definition) is 2. The summed E-state index contributed by atoms with van der Waals surface area (Å²) in [6.07, 6.45) is 0.706. The van der Waals surface area contributed by atoms with Crippen molar-refractivity contribution in [2.24, 2.45) is 0 Å². The normalized spacial score (nSPS) is 12.0. The zero-order valence-electron chi connectivity index (χ0n) is 11.4. The molecule has 106 valence electrons. The molecule has 1 unspecified atom stereocenters. The number of alkyl halides is 1. The molecule has 0 amide bonds. The number of benzene rings is 2. The zero-order chi connectivity index (χ0) is 14.5. The summed E-state index contributed by atoms with van der Waals surface area (Å²) in [5.74, 6) is 1.38. The van der Waals surface area contributed by atoms with Gasteiger partial charge in [0, 0.05) is 5.02 Å². The first-order valence-electron chi connectivity index (χ1n) is 6.24. The summed E-state index contributed by atoms with van der Waals surface area (Å²) in [7, 11) is 3.23. The van der Waals surface area contributed by atoms with Crippen molar-refractivity contribution in [1.29, 1.82) is 0 Å². The highest BCUT2D eigenvalue weighted by molar-refractivity contribution is 6.30. The molecule has 0 spiro atoms. The molecule has 0 heterocycles. The van der Waals surface area contributed by atoms with E-state index >= 15 is 0 Å². The fourth-order valence-corrected chi connectivity index (χ4v) is 2.56. The van der Waals surface area contributed by atoms with Crippen molar-refractivity contribution in [3.63, 3.8) is 0 Å². The number of ether oxygens (including phenoxy) is 2. The topological polar surface area (TPSA) is 18.5 Å². The van der Waals surface area contributed by atoms with E-state index in [1.165, 1.54) is 0 Å². The summed E-state index contributed by atoms with van der Waals surface area (Å²) in [4.78, 5) is 0. The smallest absolute Gasteiger partial charge is 0.161 e. The Balaban J connectivity index is 2.18. The van der Waals surface area contributed by atoms with Crippen molar-refractivity contribution < 1.29 is 9.47 Å². The Bertz CT molecular complexity index is 584. The molecule has 2 aromatic rings. The summed E-state index contributed by atoms with van der Waals surface area (Å²) in [6.45, 7) is 0. The lowest BCUT2D eigenvalue weighted by Crippen LogP contribution is -1.98. The molecule has 0 radical (unpaired) electrons. The maximum absolute atomic E-state index is 6.48. The predicted octanol–water partition coefficient (Wildman–Crippen LogP) is 4.88. The largest absolute Gasteiger partial charge is 0.493 e. The van der Waals surface area contributed by atoms with Crippen LogP contribution in [0.15, 0.2) is 42.5 Å². The second kappa shape index (κ2) is 6.87. The molecule has 2 rings (SSSR count). The van der Waals surface area contributed by atoms with Gasteiger partial charge >= 0.3 is 0 Å². The van der Waals surface area contributed by atoms with Gasteiger partial charge in [-0.15, -0.1) is 11.6 Å². The Kier molecular flexibility index (Phi) is 5.16.